The standard InChI is InChI=1S/C53H31N5O/c1-2-16-34-31-47-42(30-33(34)15-1)38-21-7-9-24-43(38)57(47)46-29-28-41(50-49(46)40-22-8-12-27-48(40)59-50)52-54-51(39-23-13-17-32-14-3-4-18-35(32)39)55-53(56-52)58-44-25-10-5-19-36(44)37-20-6-11-26-45(37)58/h1-31H. The van der Waals surface area contributed by atoms with Crippen LogP contribution in [0.3, 0.4) is 0 Å². The zero-order valence-corrected chi connectivity index (χ0v) is 31.5. The quantitative estimate of drug-likeness (QED) is 0.180. The summed E-state index contributed by atoms with van der Waals surface area (Å²) in [5, 5.41) is 11.3. The van der Waals surface area contributed by atoms with Crippen molar-refractivity contribution in [3.8, 4) is 34.4 Å². The summed E-state index contributed by atoms with van der Waals surface area (Å²) in [6.07, 6.45) is 0. The highest BCUT2D eigenvalue weighted by molar-refractivity contribution is 6.18. The van der Waals surface area contributed by atoms with E-state index in [4.69, 9.17) is 19.4 Å². The molecule has 0 radical (unpaired) electrons. The molecule has 59 heavy (non-hydrogen) atoms. The predicted molar refractivity (Wildman–Crippen MR) is 242 cm³/mol. The number of para-hydroxylation sites is 4. The third kappa shape index (κ3) is 4.65. The lowest BCUT2D eigenvalue weighted by atomic mass is 10.0. The second-order valence-electron chi connectivity index (χ2n) is 15.2. The lowest BCUT2D eigenvalue weighted by Crippen LogP contribution is -2.07. The van der Waals surface area contributed by atoms with Crippen LogP contribution in [0.1, 0.15) is 0 Å². The lowest BCUT2D eigenvalue weighted by molar-refractivity contribution is 0.669. The van der Waals surface area contributed by atoms with Crippen molar-refractivity contribution < 1.29 is 4.42 Å². The Bertz CT molecular complexity index is 3810. The van der Waals surface area contributed by atoms with Crippen LogP contribution in [0.5, 0.6) is 0 Å². The molecule has 9 aromatic carbocycles. The van der Waals surface area contributed by atoms with Gasteiger partial charge in [-0.25, -0.2) is 4.98 Å². The van der Waals surface area contributed by atoms with Gasteiger partial charge in [0, 0.05) is 32.5 Å². The van der Waals surface area contributed by atoms with Crippen LogP contribution >= 0.6 is 0 Å². The van der Waals surface area contributed by atoms with Gasteiger partial charge in [-0.2, -0.15) is 9.97 Å². The third-order valence-electron chi connectivity index (χ3n) is 12.0. The first-order valence-electron chi connectivity index (χ1n) is 19.9. The fraction of sp³-hybridized carbons (Fsp3) is 0. The average molecular weight is 754 g/mol. The molecule has 6 nitrogen and oxygen atoms in total. The van der Waals surface area contributed by atoms with Gasteiger partial charge in [0.15, 0.2) is 11.6 Å². The Hall–Kier alpha value is -8.09. The summed E-state index contributed by atoms with van der Waals surface area (Å²) in [5.41, 5.74) is 8.59. The minimum absolute atomic E-state index is 0.531. The van der Waals surface area contributed by atoms with Crippen LogP contribution in [0, 0.1) is 0 Å². The van der Waals surface area contributed by atoms with Crippen LogP contribution in [0.4, 0.5) is 0 Å². The molecule has 0 aliphatic carbocycles. The second kappa shape index (κ2) is 12.2. The molecule has 0 aliphatic rings. The molecule has 4 heterocycles. The number of rotatable bonds is 4. The smallest absolute Gasteiger partial charge is 0.238 e. The van der Waals surface area contributed by atoms with Gasteiger partial charge in [0.2, 0.25) is 5.95 Å². The van der Waals surface area contributed by atoms with E-state index in [2.05, 4.69) is 185 Å². The van der Waals surface area contributed by atoms with Gasteiger partial charge >= 0.3 is 0 Å². The molecule has 0 unspecified atom stereocenters. The molecule has 0 saturated heterocycles. The zero-order valence-electron chi connectivity index (χ0n) is 31.5. The SMILES string of the molecule is c1ccc2cc3c(cc2c1)c1ccccc1n3-c1ccc(-c2nc(-c3cccc4ccccc34)nc(-n3c4ccccc4c4ccccc43)n2)c2oc3ccccc3c12. The first-order chi connectivity index (χ1) is 29.3. The Morgan fingerprint density at radius 2 is 0.898 bits per heavy atom. The summed E-state index contributed by atoms with van der Waals surface area (Å²) >= 11 is 0. The van der Waals surface area contributed by atoms with E-state index in [-0.39, 0.29) is 0 Å². The molecule has 0 N–H and O–H groups in total. The Morgan fingerprint density at radius 1 is 0.356 bits per heavy atom. The molecule has 6 heteroatoms. The molecule has 0 aliphatic heterocycles. The van der Waals surface area contributed by atoms with Crippen molar-refractivity contribution in [1.29, 1.82) is 0 Å². The van der Waals surface area contributed by atoms with Crippen molar-refractivity contribution in [3.63, 3.8) is 0 Å². The number of aromatic nitrogens is 5. The van der Waals surface area contributed by atoms with Gasteiger partial charge in [-0.1, -0.05) is 140 Å². The Labute approximate surface area is 336 Å². The number of furan rings is 1. The number of hydrogen-bond acceptors (Lipinski definition) is 4. The zero-order chi connectivity index (χ0) is 38.6. The van der Waals surface area contributed by atoms with Crippen LogP contribution in [0.25, 0.3) is 122 Å². The van der Waals surface area contributed by atoms with Gasteiger partial charge < -0.3 is 8.98 Å². The predicted octanol–water partition coefficient (Wildman–Crippen LogP) is 13.6. The number of benzene rings is 9. The summed E-state index contributed by atoms with van der Waals surface area (Å²) in [4.78, 5) is 16.0. The van der Waals surface area contributed by atoms with Gasteiger partial charge in [0.05, 0.1) is 38.7 Å². The van der Waals surface area contributed by atoms with E-state index in [0.717, 1.165) is 82.4 Å². The molecule has 13 aromatic rings. The van der Waals surface area contributed by atoms with Crippen molar-refractivity contribution in [2.24, 2.45) is 0 Å². The van der Waals surface area contributed by atoms with E-state index >= 15 is 0 Å². The second-order valence-corrected chi connectivity index (χ2v) is 15.2. The third-order valence-corrected chi connectivity index (χ3v) is 12.0. The van der Waals surface area contributed by atoms with Gasteiger partial charge in [-0.3, -0.25) is 4.57 Å². The van der Waals surface area contributed by atoms with Crippen molar-refractivity contribution in [2.45, 2.75) is 0 Å². The van der Waals surface area contributed by atoms with Gasteiger partial charge in [0.25, 0.3) is 0 Å². The Kier molecular flexibility index (Phi) is 6.63. The molecule has 0 bridgehead atoms. The van der Waals surface area contributed by atoms with Crippen LogP contribution in [0.15, 0.2) is 192 Å². The largest absolute Gasteiger partial charge is 0.455 e. The molecule has 13 rings (SSSR count). The van der Waals surface area contributed by atoms with Crippen LogP contribution in [0.2, 0.25) is 0 Å². The Balaban J connectivity index is 1.14. The highest BCUT2D eigenvalue weighted by atomic mass is 16.3. The van der Waals surface area contributed by atoms with E-state index in [0.29, 0.717) is 17.6 Å². The average Bonchev–Trinajstić information content (AvgIpc) is 3.96. The highest BCUT2D eigenvalue weighted by Crippen LogP contribution is 2.43. The van der Waals surface area contributed by atoms with Crippen LogP contribution < -0.4 is 0 Å². The molecule has 0 saturated carbocycles. The van der Waals surface area contributed by atoms with Crippen molar-refractivity contribution >= 4 is 87.1 Å². The molecule has 0 fully saturated rings. The minimum atomic E-state index is 0.531. The van der Waals surface area contributed by atoms with Crippen LogP contribution in [-0.4, -0.2) is 24.1 Å². The maximum Gasteiger partial charge on any atom is 0.238 e. The maximum atomic E-state index is 6.94. The van der Waals surface area contributed by atoms with E-state index in [9.17, 15) is 0 Å². The summed E-state index contributed by atoms with van der Waals surface area (Å²) in [6, 6.07) is 66.1. The van der Waals surface area contributed by atoms with E-state index < -0.39 is 0 Å². The van der Waals surface area contributed by atoms with E-state index in [1.165, 1.54) is 21.5 Å². The fourth-order valence-corrected chi connectivity index (χ4v) is 9.35. The first-order valence-corrected chi connectivity index (χ1v) is 19.9. The van der Waals surface area contributed by atoms with Gasteiger partial charge in [-0.15, -0.1) is 0 Å². The molecule has 0 spiro atoms. The van der Waals surface area contributed by atoms with E-state index in [1.54, 1.807) is 0 Å². The van der Waals surface area contributed by atoms with Crippen LogP contribution in [-0.2, 0) is 0 Å². The highest BCUT2D eigenvalue weighted by Gasteiger charge is 2.24. The molecule has 4 aromatic heterocycles. The van der Waals surface area contributed by atoms with Gasteiger partial charge in [0.1, 0.15) is 11.2 Å². The first kappa shape index (κ1) is 32.0. The van der Waals surface area contributed by atoms with E-state index in [1.807, 2.05) is 12.1 Å². The molecule has 0 atom stereocenters. The summed E-state index contributed by atoms with van der Waals surface area (Å²) in [7, 11) is 0. The number of hydrogen-bond donors (Lipinski definition) is 0. The summed E-state index contributed by atoms with van der Waals surface area (Å²) in [6.45, 7) is 0. The summed E-state index contributed by atoms with van der Waals surface area (Å²) in [5.74, 6) is 1.66. The molecule has 0 amide bonds. The minimum Gasteiger partial charge on any atom is -0.455 e. The normalized spacial score (nSPS) is 12.1. The monoisotopic (exact) mass is 753 g/mol. The molecular weight excluding hydrogens is 723 g/mol. The lowest BCUT2D eigenvalue weighted by Gasteiger charge is -2.14. The topological polar surface area (TPSA) is 61.7 Å². The van der Waals surface area contributed by atoms with Crippen molar-refractivity contribution in [1.82, 2.24) is 24.1 Å². The number of fused-ring (bicyclic) bond motifs is 11. The van der Waals surface area contributed by atoms with Crippen molar-refractivity contribution in [2.75, 3.05) is 0 Å². The number of nitrogens with zero attached hydrogens (tertiary/aromatic N) is 5. The fourth-order valence-electron chi connectivity index (χ4n) is 9.35. The van der Waals surface area contributed by atoms with Crippen molar-refractivity contribution in [3.05, 3.63) is 188 Å². The van der Waals surface area contributed by atoms with Gasteiger partial charge in [-0.05, 0) is 70.1 Å². The Morgan fingerprint density at radius 3 is 1.63 bits per heavy atom. The maximum absolute atomic E-state index is 6.94. The summed E-state index contributed by atoms with van der Waals surface area (Å²) < 4.78 is 11.5. The molecule has 274 valence electrons. The molecular formula is C53H31N5O.